The average Bonchev–Trinajstić information content (AvgIpc) is 4.03. The maximum absolute atomic E-state index is 6.64. The van der Waals surface area contributed by atoms with Gasteiger partial charge in [-0.1, -0.05) is 163 Å². The van der Waals surface area contributed by atoms with E-state index in [0.717, 1.165) is 39.6 Å². The molecule has 0 aliphatic carbocycles. The molecule has 5 heteroatoms. The zero-order chi connectivity index (χ0) is 34.5. The van der Waals surface area contributed by atoms with Crippen LogP contribution in [0.5, 0.6) is 0 Å². The van der Waals surface area contributed by atoms with E-state index in [0.29, 0.717) is 17.2 Å². The van der Waals surface area contributed by atoms with Crippen molar-refractivity contribution in [2.24, 2.45) is 10.8 Å². The lowest BCUT2D eigenvalue weighted by molar-refractivity contribution is -0.0884. The highest BCUT2D eigenvalue weighted by Crippen LogP contribution is 2.74. The van der Waals surface area contributed by atoms with E-state index in [-0.39, 0.29) is 10.8 Å². The van der Waals surface area contributed by atoms with E-state index in [1.54, 1.807) is 0 Å². The van der Waals surface area contributed by atoms with Gasteiger partial charge in [0, 0.05) is 13.2 Å². The van der Waals surface area contributed by atoms with Gasteiger partial charge >= 0.3 is 0 Å². The number of rotatable bonds is 34. The van der Waals surface area contributed by atoms with Gasteiger partial charge in [0.2, 0.25) is 0 Å². The minimum absolute atomic E-state index is 0.255. The topological polar surface area (TPSA) is 43.5 Å². The molecular weight excluding hydrogens is 597 g/mol. The highest BCUT2D eigenvalue weighted by molar-refractivity contribution is 6.82. The number of hydrogen-bond donors (Lipinski definition) is 0. The Balaban J connectivity index is 2.80. The second-order valence-corrected chi connectivity index (χ2v) is 21.3. The van der Waals surface area contributed by atoms with E-state index >= 15 is 0 Å². The molecule has 0 aromatic rings. The Morgan fingerprint density at radius 2 is 1.04 bits per heavy atom. The second kappa shape index (κ2) is 23.5. The number of hydrogen-bond acceptors (Lipinski definition) is 4. The molecule has 5 unspecified atom stereocenters. The van der Waals surface area contributed by atoms with E-state index in [2.05, 4.69) is 55.4 Å². The van der Waals surface area contributed by atoms with Crippen LogP contribution in [-0.2, 0) is 18.9 Å². The molecule has 0 saturated carbocycles. The predicted molar refractivity (Wildman–Crippen MR) is 207 cm³/mol. The maximum Gasteiger partial charge on any atom is 0.104 e. The van der Waals surface area contributed by atoms with Crippen LogP contribution >= 0.6 is 0 Å². The lowest BCUT2D eigenvalue weighted by atomic mass is 9.48. The third-order valence-corrected chi connectivity index (χ3v) is 20.7. The van der Waals surface area contributed by atoms with Gasteiger partial charge in [-0.3, -0.25) is 0 Å². The zero-order valence-corrected chi connectivity index (χ0v) is 34.3. The molecule has 2 saturated heterocycles. The smallest absolute Gasteiger partial charge is 0.104 e. The Kier molecular flexibility index (Phi) is 21.6. The number of ether oxygens (including phenoxy) is 4. The Labute approximate surface area is 296 Å². The molecular formula is C42H84O4Si. The van der Waals surface area contributed by atoms with Crippen molar-refractivity contribution in [2.75, 3.05) is 39.6 Å². The van der Waals surface area contributed by atoms with Gasteiger partial charge in [-0.2, -0.15) is 0 Å². The maximum atomic E-state index is 6.64. The molecule has 0 aromatic heterocycles. The molecule has 0 spiro atoms. The van der Waals surface area contributed by atoms with Gasteiger partial charge in [-0.25, -0.2) is 0 Å². The van der Waals surface area contributed by atoms with Crippen LogP contribution in [0.2, 0.25) is 23.2 Å². The molecule has 2 heterocycles. The fraction of sp³-hybridized carbons (Fsp3) is 1.00. The summed E-state index contributed by atoms with van der Waals surface area (Å²) in [5.41, 5.74) is 0.511. The SMILES string of the molecule is CCCCCCC(CCOCC1CO1)(C(CC)(CCC)CCOCC1CO1)C(CC)(CCCCCC)[Si](CC)(CC)CCCCCC. The van der Waals surface area contributed by atoms with Crippen molar-refractivity contribution in [1.82, 2.24) is 0 Å². The van der Waals surface area contributed by atoms with Crippen molar-refractivity contribution in [3.63, 3.8) is 0 Å². The van der Waals surface area contributed by atoms with Crippen molar-refractivity contribution < 1.29 is 18.9 Å². The minimum Gasteiger partial charge on any atom is -0.379 e. The standard InChI is InChI=1S/C42H84O4Si/c1-9-17-20-23-27-41(30-32-44-35-39-37-46-39,40(13-5,26-12-4)29-31-43-34-38-36-45-38)42(14-6,28-24-21-18-10-2)47(15-7,16-8)33-25-22-19-11-3/h38-39H,9-37H2,1-8H3. The largest absolute Gasteiger partial charge is 0.379 e. The first-order valence-corrected chi connectivity index (χ1v) is 23.9. The van der Waals surface area contributed by atoms with E-state index in [9.17, 15) is 0 Å². The Morgan fingerprint density at radius 1 is 0.532 bits per heavy atom. The highest BCUT2D eigenvalue weighted by atomic mass is 28.3. The molecule has 2 rings (SSSR count). The lowest BCUT2D eigenvalue weighted by Gasteiger charge is -2.68. The zero-order valence-electron chi connectivity index (χ0n) is 33.3. The van der Waals surface area contributed by atoms with Gasteiger partial charge in [-0.15, -0.1) is 0 Å². The fourth-order valence-electron chi connectivity index (χ4n) is 10.7. The normalized spacial score (nSPS) is 21.7. The predicted octanol–water partition coefficient (Wildman–Crippen LogP) is 12.9. The Bertz CT molecular complexity index is 766. The molecule has 0 radical (unpaired) electrons. The molecule has 0 amide bonds. The van der Waals surface area contributed by atoms with Gasteiger partial charge < -0.3 is 18.9 Å². The van der Waals surface area contributed by atoms with Gasteiger partial charge in [0.05, 0.1) is 34.5 Å². The molecule has 0 N–H and O–H groups in total. The summed E-state index contributed by atoms with van der Waals surface area (Å²) in [6.07, 6.45) is 27.5. The summed E-state index contributed by atoms with van der Waals surface area (Å²) in [6.45, 7) is 25.2. The van der Waals surface area contributed by atoms with Crippen LogP contribution < -0.4 is 0 Å². The summed E-state index contributed by atoms with van der Waals surface area (Å²) in [7, 11) is -1.76. The number of unbranched alkanes of at least 4 members (excludes halogenated alkanes) is 9. The van der Waals surface area contributed by atoms with Crippen LogP contribution in [0, 0.1) is 10.8 Å². The first-order valence-electron chi connectivity index (χ1n) is 21.3. The van der Waals surface area contributed by atoms with Crippen LogP contribution in [-0.4, -0.2) is 59.9 Å². The van der Waals surface area contributed by atoms with Crippen LogP contribution in [0.4, 0.5) is 0 Å². The second-order valence-electron chi connectivity index (χ2n) is 15.9. The van der Waals surface area contributed by atoms with E-state index in [4.69, 9.17) is 18.9 Å². The lowest BCUT2D eigenvalue weighted by Crippen LogP contribution is -2.62. The summed E-state index contributed by atoms with van der Waals surface area (Å²) in [4.78, 5) is 0. The van der Waals surface area contributed by atoms with E-state index in [1.165, 1.54) is 147 Å². The van der Waals surface area contributed by atoms with Gasteiger partial charge in [0.15, 0.2) is 0 Å². The molecule has 0 bridgehead atoms. The van der Waals surface area contributed by atoms with Crippen LogP contribution in [0.3, 0.4) is 0 Å². The molecule has 4 nitrogen and oxygen atoms in total. The molecule has 280 valence electrons. The fourth-order valence-corrected chi connectivity index (χ4v) is 17.7. The summed E-state index contributed by atoms with van der Waals surface area (Å²) >= 11 is 0. The molecule has 0 aromatic carbocycles. The van der Waals surface area contributed by atoms with Crippen molar-refractivity contribution in [2.45, 2.75) is 219 Å². The Morgan fingerprint density at radius 3 is 1.49 bits per heavy atom. The Hall–Kier alpha value is 0.0569. The molecule has 2 aliphatic rings. The minimum atomic E-state index is -1.76. The van der Waals surface area contributed by atoms with Crippen molar-refractivity contribution in [3.05, 3.63) is 0 Å². The average molecular weight is 681 g/mol. The molecule has 47 heavy (non-hydrogen) atoms. The summed E-state index contributed by atoms with van der Waals surface area (Å²) < 4.78 is 24.3. The van der Waals surface area contributed by atoms with Crippen molar-refractivity contribution in [1.29, 1.82) is 0 Å². The van der Waals surface area contributed by atoms with Crippen LogP contribution in [0.15, 0.2) is 0 Å². The van der Waals surface area contributed by atoms with E-state index in [1.807, 2.05) is 0 Å². The van der Waals surface area contributed by atoms with Crippen LogP contribution in [0.25, 0.3) is 0 Å². The van der Waals surface area contributed by atoms with Gasteiger partial charge in [0.25, 0.3) is 0 Å². The summed E-state index contributed by atoms with van der Waals surface area (Å²) in [5.74, 6) is 0. The van der Waals surface area contributed by atoms with Gasteiger partial charge in [-0.05, 0) is 54.4 Å². The third kappa shape index (κ3) is 12.1. The molecule has 2 fully saturated rings. The quantitative estimate of drug-likeness (QED) is 0.0385. The van der Waals surface area contributed by atoms with E-state index < -0.39 is 8.07 Å². The molecule has 5 atom stereocenters. The highest BCUT2D eigenvalue weighted by Gasteiger charge is 2.65. The summed E-state index contributed by atoms with van der Waals surface area (Å²) in [6, 6.07) is 4.40. The van der Waals surface area contributed by atoms with Crippen molar-refractivity contribution in [3.8, 4) is 0 Å². The molecule has 2 aliphatic heterocycles. The number of epoxide rings is 2. The van der Waals surface area contributed by atoms with Crippen molar-refractivity contribution >= 4 is 8.07 Å². The first kappa shape index (κ1) is 43.2. The first-order chi connectivity index (χ1) is 22.9. The van der Waals surface area contributed by atoms with Gasteiger partial charge in [0.1, 0.15) is 12.2 Å². The summed E-state index contributed by atoms with van der Waals surface area (Å²) in [5, 5.41) is 0.403. The monoisotopic (exact) mass is 681 g/mol. The van der Waals surface area contributed by atoms with Crippen LogP contribution in [0.1, 0.15) is 184 Å². The third-order valence-electron chi connectivity index (χ3n) is 13.5.